The molecular formula is C7H12BrF2N. The zero-order chi connectivity index (χ0) is 8.27. The van der Waals surface area contributed by atoms with Crippen LogP contribution in [0.5, 0.6) is 0 Å². The molecule has 0 bridgehead atoms. The van der Waals surface area contributed by atoms with E-state index in [4.69, 9.17) is 0 Å². The van der Waals surface area contributed by atoms with Gasteiger partial charge < -0.3 is 0 Å². The Hall–Kier alpha value is 0.300. The molecule has 0 radical (unpaired) electrons. The van der Waals surface area contributed by atoms with E-state index in [1.54, 1.807) is 0 Å². The lowest BCUT2D eigenvalue weighted by atomic mass is 10.2. The molecule has 0 N–H and O–H groups in total. The van der Waals surface area contributed by atoms with Crippen LogP contribution < -0.4 is 0 Å². The van der Waals surface area contributed by atoms with Crippen LogP contribution in [0.15, 0.2) is 0 Å². The van der Waals surface area contributed by atoms with E-state index < -0.39 is 6.43 Å². The number of likely N-dealkylation sites (tertiary alicyclic amines) is 1. The Morgan fingerprint density at radius 1 is 1.55 bits per heavy atom. The number of halogens is 3. The molecule has 0 aliphatic carbocycles. The summed E-state index contributed by atoms with van der Waals surface area (Å²) < 4.78 is 23.9. The summed E-state index contributed by atoms with van der Waals surface area (Å²) in [5.74, 6) is 0. The maximum absolute atomic E-state index is 11.9. The fraction of sp³-hybridized carbons (Fsp3) is 1.00. The van der Waals surface area contributed by atoms with Crippen molar-refractivity contribution >= 4 is 15.9 Å². The smallest absolute Gasteiger partial charge is 0.251 e. The Morgan fingerprint density at radius 2 is 2.27 bits per heavy atom. The monoisotopic (exact) mass is 227 g/mol. The van der Waals surface area contributed by atoms with Crippen molar-refractivity contribution in [1.82, 2.24) is 4.90 Å². The van der Waals surface area contributed by atoms with Gasteiger partial charge in [0.05, 0.1) is 6.54 Å². The summed E-state index contributed by atoms with van der Waals surface area (Å²) in [6.45, 7) is 0.775. The molecule has 1 saturated heterocycles. The van der Waals surface area contributed by atoms with Gasteiger partial charge in [-0.15, -0.1) is 0 Å². The Labute approximate surface area is 73.9 Å². The molecule has 1 aliphatic rings. The number of hydrogen-bond acceptors (Lipinski definition) is 1. The number of nitrogens with zero attached hydrogens (tertiary/aromatic N) is 1. The van der Waals surface area contributed by atoms with Crippen molar-refractivity contribution in [2.45, 2.75) is 25.3 Å². The van der Waals surface area contributed by atoms with Crippen LogP contribution in [0.4, 0.5) is 8.78 Å². The van der Waals surface area contributed by atoms with Crippen LogP contribution in [-0.2, 0) is 0 Å². The lowest BCUT2D eigenvalue weighted by molar-refractivity contribution is 0.0865. The molecule has 1 heterocycles. The maximum atomic E-state index is 11.9. The van der Waals surface area contributed by atoms with Gasteiger partial charge in [0.25, 0.3) is 6.43 Å². The Morgan fingerprint density at radius 3 is 2.82 bits per heavy atom. The van der Waals surface area contributed by atoms with Gasteiger partial charge in [0.2, 0.25) is 0 Å². The zero-order valence-electron chi connectivity index (χ0n) is 6.27. The summed E-state index contributed by atoms with van der Waals surface area (Å²) in [7, 11) is 0. The van der Waals surface area contributed by atoms with Crippen molar-refractivity contribution in [3.05, 3.63) is 0 Å². The lowest BCUT2D eigenvalue weighted by Gasteiger charge is -2.21. The molecule has 1 atom stereocenters. The summed E-state index contributed by atoms with van der Waals surface area (Å²) in [4.78, 5) is 1.86. The van der Waals surface area contributed by atoms with E-state index in [0.717, 1.165) is 24.7 Å². The van der Waals surface area contributed by atoms with Crippen LogP contribution in [0.2, 0.25) is 0 Å². The highest BCUT2D eigenvalue weighted by Gasteiger charge is 2.25. The van der Waals surface area contributed by atoms with Crippen LogP contribution in [0.1, 0.15) is 12.8 Å². The van der Waals surface area contributed by atoms with Crippen LogP contribution in [0.3, 0.4) is 0 Å². The van der Waals surface area contributed by atoms with E-state index >= 15 is 0 Å². The summed E-state index contributed by atoms with van der Waals surface area (Å²) in [5, 5.41) is 0.819. The van der Waals surface area contributed by atoms with Gasteiger partial charge in [0.1, 0.15) is 0 Å². The van der Waals surface area contributed by atoms with Crippen molar-refractivity contribution in [1.29, 1.82) is 0 Å². The highest BCUT2D eigenvalue weighted by Crippen LogP contribution is 2.19. The van der Waals surface area contributed by atoms with E-state index in [-0.39, 0.29) is 6.54 Å². The molecule has 1 rings (SSSR count). The van der Waals surface area contributed by atoms with Gasteiger partial charge in [0.15, 0.2) is 0 Å². The molecule has 66 valence electrons. The Bertz CT molecular complexity index is 121. The first kappa shape index (κ1) is 9.39. The number of hydrogen-bond donors (Lipinski definition) is 0. The van der Waals surface area contributed by atoms with Crippen LogP contribution >= 0.6 is 15.9 Å². The van der Waals surface area contributed by atoms with Crippen molar-refractivity contribution in [2.75, 3.05) is 18.4 Å². The van der Waals surface area contributed by atoms with Crippen LogP contribution in [-0.4, -0.2) is 35.8 Å². The number of rotatable bonds is 3. The van der Waals surface area contributed by atoms with Crippen molar-refractivity contribution in [3.63, 3.8) is 0 Å². The summed E-state index contributed by atoms with van der Waals surface area (Å²) in [5.41, 5.74) is 0. The largest absolute Gasteiger partial charge is 0.294 e. The van der Waals surface area contributed by atoms with Gasteiger partial charge in [-0.2, -0.15) is 0 Å². The molecule has 0 saturated carbocycles. The standard InChI is InChI=1S/C7H12BrF2N/c8-4-6-2-1-3-11(6)5-7(9)10/h6-7H,1-5H2. The van der Waals surface area contributed by atoms with Gasteiger partial charge in [-0.05, 0) is 19.4 Å². The fourth-order valence-corrected chi connectivity index (χ4v) is 2.22. The minimum Gasteiger partial charge on any atom is -0.294 e. The van der Waals surface area contributed by atoms with E-state index in [0.29, 0.717) is 6.04 Å². The number of alkyl halides is 3. The molecule has 1 nitrogen and oxygen atoms in total. The predicted molar refractivity (Wildman–Crippen MR) is 44.4 cm³/mol. The minimum absolute atomic E-state index is 0.0593. The Balaban J connectivity index is 2.31. The van der Waals surface area contributed by atoms with E-state index in [9.17, 15) is 8.78 Å². The second-order valence-electron chi connectivity index (χ2n) is 2.84. The van der Waals surface area contributed by atoms with Gasteiger partial charge >= 0.3 is 0 Å². The topological polar surface area (TPSA) is 3.24 Å². The first-order chi connectivity index (χ1) is 5.24. The quantitative estimate of drug-likeness (QED) is 0.668. The van der Waals surface area contributed by atoms with Gasteiger partial charge in [-0.3, -0.25) is 4.90 Å². The lowest BCUT2D eigenvalue weighted by Crippen LogP contribution is -2.34. The first-order valence-electron chi connectivity index (χ1n) is 3.82. The second-order valence-corrected chi connectivity index (χ2v) is 3.48. The minimum atomic E-state index is -2.19. The van der Waals surface area contributed by atoms with E-state index in [2.05, 4.69) is 15.9 Å². The van der Waals surface area contributed by atoms with E-state index in [1.165, 1.54) is 0 Å². The molecule has 0 amide bonds. The molecule has 1 aliphatic heterocycles. The Kier molecular flexibility index (Phi) is 3.72. The second kappa shape index (κ2) is 4.36. The third-order valence-electron chi connectivity index (χ3n) is 2.05. The molecule has 4 heteroatoms. The first-order valence-corrected chi connectivity index (χ1v) is 4.94. The fourth-order valence-electron chi connectivity index (χ4n) is 1.49. The molecule has 0 aromatic heterocycles. The summed E-state index contributed by atoms with van der Waals surface area (Å²) in [6, 6.07) is 0.337. The normalized spacial score (nSPS) is 26.7. The highest BCUT2D eigenvalue weighted by molar-refractivity contribution is 9.09. The van der Waals surface area contributed by atoms with Gasteiger partial charge in [-0.25, -0.2) is 8.78 Å². The average Bonchev–Trinajstić information content (AvgIpc) is 2.34. The third-order valence-corrected chi connectivity index (χ3v) is 2.80. The summed E-state index contributed by atoms with van der Waals surface area (Å²) in [6.07, 6.45) is -0.0734. The zero-order valence-corrected chi connectivity index (χ0v) is 7.86. The van der Waals surface area contributed by atoms with E-state index in [1.807, 2.05) is 4.90 Å². The van der Waals surface area contributed by atoms with Crippen LogP contribution in [0.25, 0.3) is 0 Å². The SMILES string of the molecule is FC(F)CN1CCCC1CBr. The highest BCUT2D eigenvalue weighted by atomic mass is 79.9. The average molecular weight is 228 g/mol. The van der Waals surface area contributed by atoms with Crippen molar-refractivity contribution in [3.8, 4) is 0 Å². The van der Waals surface area contributed by atoms with Crippen molar-refractivity contribution in [2.24, 2.45) is 0 Å². The predicted octanol–water partition coefficient (Wildman–Crippen LogP) is 2.11. The molecule has 0 spiro atoms. The third kappa shape index (κ3) is 2.67. The molecule has 1 unspecified atom stereocenters. The molecule has 11 heavy (non-hydrogen) atoms. The molecular weight excluding hydrogens is 216 g/mol. The molecule has 0 aromatic rings. The van der Waals surface area contributed by atoms with Crippen molar-refractivity contribution < 1.29 is 8.78 Å². The summed E-state index contributed by atoms with van der Waals surface area (Å²) >= 11 is 3.32. The van der Waals surface area contributed by atoms with Gasteiger partial charge in [0, 0.05) is 11.4 Å². The maximum Gasteiger partial charge on any atom is 0.251 e. The molecule has 1 fully saturated rings. The van der Waals surface area contributed by atoms with Gasteiger partial charge in [-0.1, -0.05) is 15.9 Å². The van der Waals surface area contributed by atoms with Crippen LogP contribution in [0, 0.1) is 0 Å². The molecule has 0 aromatic carbocycles.